The summed E-state index contributed by atoms with van der Waals surface area (Å²) in [5, 5.41) is 5.53. The van der Waals surface area contributed by atoms with Gasteiger partial charge in [-0.25, -0.2) is 8.42 Å². The van der Waals surface area contributed by atoms with Gasteiger partial charge in [0.1, 0.15) is 0 Å². The van der Waals surface area contributed by atoms with Crippen LogP contribution in [0.1, 0.15) is 54.7 Å². The molecular weight excluding hydrogens is 462 g/mol. The van der Waals surface area contributed by atoms with Gasteiger partial charge in [-0.05, 0) is 65.4 Å². The predicted octanol–water partition coefficient (Wildman–Crippen LogP) is 4.98. The zero-order valence-corrected chi connectivity index (χ0v) is 21.4. The van der Waals surface area contributed by atoms with E-state index in [4.69, 9.17) is 0 Å². The quantitative estimate of drug-likeness (QED) is 0.432. The van der Waals surface area contributed by atoms with Crippen LogP contribution in [0.2, 0.25) is 0 Å². The van der Waals surface area contributed by atoms with Crippen molar-refractivity contribution in [1.82, 2.24) is 5.32 Å². The lowest BCUT2D eigenvalue weighted by Gasteiger charge is -2.21. The molecule has 0 atom stereocenters. The standard InChI is InChI=1S/C27H31N3O4S/c1-18-12-13-22(27(3,4)5)16-25(18)35(33,34)30-24-11-7-9-21(15-24)26(32)28-17-20-8-6-10-23(14-20)29-19(2)31/h6-16,30H,17H2,1-5H3,(H,28,32)(H,29,31). The van der Waals surface area contributed by atoms with Gasteiger partial charge in [0.2, 0.25) is 5.91 Å². The van der Waals surface area contributed by atoms with Gasteiger partial charge >= 0.3 is 0 Å². The molecular formula is C27H31N3O4S. The van der Waals surface area contributed by atoms with Gasteiger partial charge in [0.25, 0.3) is 15.9 Å². The van der Waals surface area contributed by atoms with Crippen LogP contribution in [0.15, 0.2) is 71.6 Å². The lowest BCUT2D eigenvalue weighted by molar-refractivity contribution is -0.114. The number of hydrogen-bond donors (Lipinski definition) is 3. The highest BCUT2D eigenvalue weighted by Gasteiger charge is 2.22. The minimum Gasteiger partial charge on any atom is -0.348 e. The van der Waals surface area contributed by atoms with Crippen LogP contribution in [0.25, 0.3) is 0 Å². The molecule has 3 aromatic carbocycles. The number of anilines is 2. The molecule has 3 aromatic rings. The van der Waals surface area contributed by atoms with Gasteiger partial charge in [0.05, 0.1) is 4.90 Å². The fourth-order valence-electron chi connectivity index (χ4n) is 3.54. The number of nitrogens with one attached hydrogen (secondary N) is 3. The van der Waals surface area contributed by atoms with Crippen LogP contribution in [0.4, 0.5) is 11.4 Å². The lowest BCUT2D eigenvalue weighted by atomic mass is 9.87. The fraction of sp³-hybridized carbons (Fsp3) is 0.259. The highest BCUT2D eigenvalue weighted by atomic mass is 32.2. The van der Waals surface area contributed by atoms with E-state index in [0.717, 1.165) is 11.1 Å². The Kier molecular flexibility index (Phi) is 7.65. The maximum Gasteiger partial charge on any atom is 0.262 e. The second kappa shape index (κ2) is 10.3. The summed E-state index contributed by atoms with van der Waals surface area (Å²) in [6.45, 7) is 9.52. The van der Waals surface area contributed by atoms with E-state index in [1.54, 1.807) is 55.5 Å². The largest absolute Gasteiger partial charge is 0.348 e. The van der Waals surface area contributed by atoms with Crippen molar-refractivity contribution in [2.24, 2.45) is 0 Å². The number of benzene rings is 3. The summed E-state index contributed by atoms with van der Waals surface area (Å²) in [6.07, 6.45) is 0. The number of carbonyl (C=O) groups excluding carboxylic acids is 2. The van der Waals surface area contributed by atoms with Crippen molar-refractivity contribution < 1.29 is 18.0 Å². The third-order valence-electron chi connectivity index (χ3n) is 5.42. The summed E-state index contributed by atoms with van der Waals surface area (Å²) >= 11 is 0. The third-order valence-corrected chi connectivity index (χ3v) is 6.94. The molecule has 0 aliphatic carbocycles. The number of carbonyl (C=O) groups is 2. The van der Waals surface area contributed by atoms with E-state index in [1.165, 1.54) is 13.0 Å². The molecule has 0 radical (unpaired) electrons. The zero-order valence-electron chi connectivity index (χ0n) is 20.6. The monoisotopic (exact) mass is 493 g/mol. The highest BCUT2D eigenvalue weighted by molar-refractivity contribution is 7.92. The molecule has 0 bridgehead atoms. The predicted molar refractivity (Wildman–Crippen MR) is 139 cm³/mol. The van der Waals surface area contributed by atoms with Gasteiger partial charge in [-0.3, -0.25) is 14.3 Å². The van der Waals surface area contributed by atoms with Crippen LogP contribution < -0.4 is 15.4 Å². The van der Waals surface area contributed by atoms with Crippen LogP contribution in [-0.4, -0.2) is 20.2 Å². The van der Waals surface area contributed by atoms with E-state index < -0.39 is 10.0 Å². The number of hydrogen-bond acceptors (Lipinski definition) is 4. The van der Waals surface area contributed by atoms with Crippen LogP contribution in [0.5, 0.6) is 0 Å². The highest BCUT2D eigenvalue weighted by Crippen LogP contribution is 2.28. The smallest absolute Gasteiger partial charge is 0.262 e. The van der Waals surface area contributed by atoms with Crippen molar-refractivity contribution in [2.45, 2.75) is 51.5 Å². The van der Waals surface area contributed by atoms with Crippen molar-refractivity contribution in [3.8, 4) is 0 Å². The summed E-state index contributed by atoms with van der Waals surface area (Å²) in [5.74, 6) is -0.521. The van der Waals surface area contributed by atoms with Gasteiger partial charge in [-0.1, -0.05) is 51.1 Å². The minimum absolute atomic E-state index is 0.175. The fourth-order valence-corrected chi connectivity index (χ4v) is 4.86. The Bertz CT molecular complexity index is 1360. The Morgan fingerprint density at radius 2 is 1.57 bits per heavy atom. The topological polar surface area (TPSA) is 104 Å². The van der Waals surface area contributed by atoms with E-state index in [2.05, 4.69) is 15.4 Å². The molecule has 35 heavy (non-hydrogen) atoms. The number of sulfonamides is 1. The first-order chi connectivity index (χ1) is 16.3. The number of aryl methyl sites for hydroxylation is 1. The molecule has 0 aliphatic rings. The molecule has 0 unspecified atom stereocenters. The van der Waals surface area contributed by atoms with E-state index in [1.807, 2.05) is 32.9 Å². The first kappa shape index (κ1) is 26.0. The molecule has 3 rings (SSSR count). The lowest BCUT2D eigenvalue weighted by Crippen LogP contribution is -2.23. The first-order valence-electron chi connectivity index (χ1n) is 11.2. The number of rotatable bonds is 7. The SMILES string of the molecule is CC(=O)Nc1cccc(CNC(=O)c2cccc(NS(=O)(=O)c3cc(C(C)(C)C)ccc3C)c2)c1. The molecule has 0 heterocycles. The van der Waals surface area contributed by atoms with Crippen molar-refractivity contribution in [3.63, 3.8) is 0 Å². The average molecular weight is 494 g/mol. The molecule has 0 aromatic heterocycles. The second-order valence-electron chi connectivity index (χ2n) is 9.48. The van der Waals surface area contributed by atoms with Crippen molar-refractivity contribution >= 4 is 33.2 Å². The molecule has 0 saturated heterocycles. The molecule has 0 aliphatic heterocycles. The van der Waals surface area contributed by atoms with Crippen molar-refractivity contribution in [2.75, 3.05) is 10.0 Å². The van der Waals surface area contributed by atoms with Crippen LogP contribution in [0.3, 0.4) is 0 Å². The van der Waals surface area contributed by atoms with E-state index in [0.29, 0.717) is 22.5 Å². The average Bonchev–Trinajstić information content (AvgIpc) is 2.76. The van der Waals surface area contributed by atoms with Crippen LogP contribution in [0, 0.1) is 6.92 Å². The minimum atomic E-state index is -3.86. The van der Waals surface area contributed by atoms with Gasteiger partial charge < -0.3 is 10.6 Å². The Morgan fingerprint density at radius 3 is 2.26 bits per heavy atom. The van der Waals surface area contributed by atoms with E-state index in [-0.39, 0.29) is 28.7 Å². The maximum atomic E-state index is 13.2. The van der Waals surface area contributed by atoms with Crippen molar-refractivity contribution in [1.29, 1.82) is 0 Å². The maximum absolute atomic E-state index is 13.2. The molecule has 8 heteroatoms. The molecule has 0 fully saturated rings. The van der Waals surface area contributed by atoms with Gasteiger partial charge in [-0.2, -0.15) is 0 Å². The summed E-state index contributed by atoms with van der Waals surface area (Å²) in [6, 6.07) is 19.0. The third kappa shape index (κ3) is 6.93. The van der Waals surface area contributed by atoms with Gasteiger partial charge in [0.15, 0.2) is 0 Å². The van der Waals surface area contributed by atoms with Crippen LogP contribution in [-0.2, 0) is 26.8 Å². The van der Waals surface area contributed by atoms with E-state index in [9.17, 15) is 18.0 Å². The molecule has 2 amide bonds. The number of amides is 2. The van der Waals surface area contributed by atoms with E-state index >= 15 is 0 Å². The summed E-state index contributed by atoms with van der Waals surface area (Å²) in [5.41, 5.74) is 3.44. The molecule has 3 N–H and O–H groups in total. The molecule has 0 spiro atoms. The Labute approximate surface area is 207 Å². The van der Waals surface area contributed by atoms with Gasteiger partial charge in [0, 0.05) is 30.4 Å². The van der Waals surface area contributed by atoms with Gasteiger partial charge in [-0.15, -0.1) is 0 Å². The Balaban J connectivity index is 1.75. The second-order valence-corrected chi connectivity index (χ2v) is 11.1. The zero-order chi connectivity index (χ0) is 25.8. The molecule has 0 saturated carbocycles. The summed E-state index contributed by atoms with van der Waals surface area (Å²) < 4.78 is 28.9. The Morgan fingerprint density at radius 1 is 0.886 bits per heavy atom. The van der Waals surface area contributed by atoms with Crippen LogP contribution >= 0.6 is 0 Å². The molecule has 7 nitrogen and oxygen atoms in total. The molecule has 184 valence electrons. The van der Waals surface area contributed by atoms with Crippen molar-refractivity contribution in [3.05, 3.63) is 89.0 Å². The summed E-state index contributed by atoms with van der Waals surface area (Å²) in [7, 11) is -3.86. The normalized spacial score (nSPS) is 11.6. The first-order valence-corrected chi connectivity index (χ1v) is 12.7. The Hall–Kier alpha value is -3.65. The summed E-state index contributed by atoms with van der Waals surface area (Å²) in [4.78, 5) is 24.2.